The highest BCUT2D eigenvalue weighted by Gasteiger charge is 2.24. The highest BCUT2D eigenvalue weighted by atomic mass is 32.2. The number of carbonyl (C=O) groups excluding carboxylic acids is 1. The van der Waals surface area contributed by atoms with Gasteiger partial charge in [0.05, 0.1) is 11.4 Å². The zero-order chi connectivity index (χ0) is 21.6. The average Bonchev–Trinajstić information content (AvgIpc) is 2.79. The second-order valence-corrected chi connectivity index (χ2v) is 9.81. The van der Waals surface area contributed by atoms with E-state index in [0.717, 1.165) is 55.2 Å². The van der Waals surface area contributed by atoms with Gasteiger partial charge in [-0.2, -0.15) is 4.98 Å². The summed E-state index contributed by atoms with van der Waals surface area (Å²) >= 11 is 1.59. The zero-order valence-corrected chi connectivity index (χ0v) is 19.4. The van der Waals surface area contributed by atoms with Crippen molar-refractivity contribution >= 4 is 29.4 Å². The summed E-state index contributed by atoms with van der Waals surface area (Å²) in [6.07, 6.45) is 8.59. The molecule has 1 aromatic heterocycles. The number of aryl methyl sites for hydroxylation is 1. The summed E-state index contributed by atoms with van der Waals surface area (Å²) in [5.41, 5.74) is 2.53. The molecule has 4 rings (SSSR count). The van der Waals surface area contributed by atoms with Crippen molar-refractivity contribution in [3.8, 4) is 0 Å². The Morgan fingerprint density at radius 1 is 1.03 bits per heavy atom. The van der Waals surface area contributed by atoms with Crippen LogP contribution in [0, 0.1) is 0 Å². The summed E-state index contributed by atoms with van der Waals surface area (Å²) in [6.45, 7) is 0. The van der Waals surface area contributed by atoms with Crippen LogP contribution in [0.15, 0.2) is 35.2 Å². The standard InChI is InChI=1S/C24H33N5OS/c1-29(2)23-20-10-6-7-11-21(20)27-24(28-23)26-18-14-12-17(13-15-18)25-22(30)16-31-19-8-4-3-5-9-19/h3-5,8-9,17-18H,6-7,10-16H2,1-2H3,(H,25,30)(H,26,27,28)/t17-,18+. The van der Waals surface area contributed by atoms with Crippen LogP contribution in [0.2, 0.25) is 0 Å². The zero-order valence-electron chi connectivity index (χ0n) is 18.6. The van der Waals surface area contributed by atoms with E-state index in [2.05, 4.69) is 29.6 Å². The first-order chi connectivity index (χ1) is 15.1. The lowest BCUT2D eigenvalue weighted by Crippen LogP contribution is -2.41. The molecule has 2 aliphatic carbocycles. The number of hydrogen-bond acceptors (Lipinski definition) is 6. The Morgan fingerprint density at radius 2 is 1.74 bits per heavy atom. The molecule has 2 aromatic rings. The van der Waals surface area contributed by atoms with E-state index in [4.69, 9.17) is 9.97 Å². The van der Waals surface area contributed by atoms with Crippen LogP contribution < -0.4 is 15.5 Å². The molecule has 0 bridgehead atoms. The first kappa shape index (κ1) is 21.9. The Morgan fingerprint density at radius 3 is 2.48 bits per heavy atom. The van der Waals surface area contributed by atoms with E-state index in [1.54, 1.807) is 11.8 Å². The molecule has 0 aliphatic heterocycles. The lowest BCUT2D eigenvalue weighted by Gasteiger charge is -2.30. The van der Waals surface area contributed by atoms with Gasteiger partial charge in [-0.1, -0.05) is 18.2 Å². The third-order valence-corrected chi connectivity index (χ3v) is 7.14. The van der Waals surface area contributed by atoms with Crippen molar-refractivity contribution in [3.05, 3.63) is 41.6 Å². The maximum Gasteiger partial charge on any atom is 0.230 e. The molecule has 0 unspecified atom stereocenters. The SMILES string of the molecule is CN(C)c1nc(N[C@H]2CC[C@@H](NC(=O)CSc3ccccc3)CC2)nc2c1CCCC2. The van der Waals surface area contributed by atoms with Gasteiger partial charge in [-0.15, -0.1) is 11.8 Å². The predicted molar refractivity (Wildman–Crippen MR) is 128 cm³/mol. The van der Waals surface area contributed by atoms with Crippen LogP contribution in [0.1, 0.15) is 49.8 Å². The number of nitrogens with zero attached hydrogens (tertiary/aromatic N) is 3. The molecule has 0 atom stereocenters. The Kier molecular flexibility index (Phi) is 7.33. The third-order valence-electron chi connectivity index (χ3n) is 6.12. The summed E-state index contributed by atoms with van der Waals surface area (Å²) in [5, 5.41) is 6.79. The van der Waals surface area contributed by atoms with Crippen molar-refractivity contribution < 1.29 is 4.79 Å². The van der Waals surface area contributed by atoms with Gasteiger partial charge in [0.15, 0.2) is 0 Å². The lowest BCUT2D eigenvalue weighted by atomic mass is 9.91. The van der Waals surface area contributed by atoms with E-state index in [1.807, 2.05) is 30.3 Å². The van der Waals surface area contributed by atoms with Gasteiger partial charge in [0.25, 0.3) is 0 Å². The molecular formula is C24H33N5OS. The van der Waals surface area contributed by atoms with Gasteiger partial charge in [0, 0.05) is 36.6 Å². The van der Waals surface area contributed by atoms with E-state index in [0.29, 0.717) is 11.8 Å². The largest absolute Gasteiger partial charge is 0.362 e. The summed E-state index contributed by atoms with van der Waals surface area (Å²) in [6, 6.07) is 10.7. The molecule has 1 amide bonds. The molecule has 2 N–H and O–H groups in total. The number of aromatic nitrogens is 2. The van der Waals surface area contributed by atoms with Crippen molar-refractivity contribution in [2.75, 3.05) is 30.1 Å². The summed E-state index contributed by atoms with van der Waals surface area (Å²) in [4.78, 5) is 25.2. The summed E-state index contributed by atoms with van der Waals surface area (Å²) in [7, 11) is 4.12. The second kappa shape index (κ2) is 10.4. The summed E-state index contributed by atoms with van der Waals surface area (Å²) in [5.74, 6) is 2.41. The monoisotopic (exact) mass is 439 g/mol. The molecule has 6 nitrogen and oxygen atoms in total. The predicted octanol–water partition coefficient (Wildman–Crippen LogP) is 4.05. The van der Waals surface area contributed by atoms with Crippen LogP contribution in [0.4, 0.5) is 11.8 Å². The van der Waals surface area contributed by atoms with Gasteiger partial charge in [-0.05, 0) is 63.5 Å². The van der Waals surface area contributed by atoms with Gasteiger partial charge in [-0.25, -0.2) is 4.98 Å². The summed E-state index contributed by atoms with van der Waals surface area (Å²) < 4.78 is 0. The van der Waals surface area contributed by atoms with Crippen molar-refractivity contribution in [3.63, 3.8) is 0 Å². The van der Waals surface area contributed by atoms with Gasteiger partial charge in [0.2, 0.25) is 11.9 Å². The fourth-order valence-corrected chi connectivity index (χ4v) is 5.24. The minimum atomic E-state index is 0.124. The molecule has 2 aliphatic rings. The highest BCUT2D eigenvalue weighted by molar-refractivity contribution is 8.00. The Bertz CT molecular complexity index is 881. The van der Waals surface area contributed by atoms with Crippen LogP contribution in [-0.2, 0) is 17.6 Å². The lowest BCUT2D eigenvalue weighted by molar-refractivity contribution is -0.119. The van der Waals surface area contributed by atoms with E-state index in [1.165, 1.54) is 24.1 Å². The molecule has 1 aromatic carbocycles. The highest BCUT2D eigenvalue weighted by Crippen LogP contribution is 2.29. The van der Waals surface area contributed by atoms with E-state index in [-0.39, 0.29) is 11.9 Å². The fraction of sp³-hybridized carbons (Fsp3) is 0.542. The number of fused-ring (bicyclic) bond motifs is 1. The minimum Gasteiger partial charge on any atom is -0.362 e. The van der Waals surface area contributed by atoms with Gasteiger partial charge in [0.1, 0.15) is 5.82 Å². The Labute approximate surface area is 189 Å². The number of benzene rings is 1. The van der Waals surface area contributed by atoms with Crippen molar-refractivity contribution in [1.82, 2.24) is 15.3 Å². The quantitative estimate of drug-likeness (QED) is 0.634. The molecule has 1 heterocycles. The molecule has 0 spiro atoms. The van der Waals surface area contributed by atoms with Crippen LogP contribution in [0.25, 0.3) is 0 Å². The van der Waals surface area contributed by atoms with Gasteiger partial charge >= 0.3 is 0 Å². The molecular weight excluding hydrogens is 406 g/mol. The van der Waals surface area contributed by atoms with E-state index in [9.17, 15) is 4.79 Å². The topological polar surface area (TPSA) is 70.2 Å². The van der Waals surface area contributed by atoms with Crippen molar-refractivity contribution in [2.24, 2.45) is 0 Å². The van der Waals surface area contributed by atoms with E-state index < -0.39 is 0 Å². The maximum absolute atomic E-state index is 12.3. The normalized spacial score (nSPS) is 20.6. The molecule has 31 heavy (non-hydrogen) atoms. The number of thioether (sulfide) groups is 1. The number of nitrogens with one attached hydrogen (secondary N) is 2. The van der Waals surface area contributed by atoms with Gasteiger partial charge in [-0.3, -0.25) is 4.79 Å². The smallest absolute Gasteiger partial charge is 0.230 e. The molecule has 1 saturated carbocycles. The number of rotatable bonds is 7. The maximum atomic E-state index is 12.3. The molecule has 7 heteroatoms. The molecule has 0 saturated heterocycles. The van der Waals surface area contributed by atoms with Crippen LogP contribution in [0.3, 0.4) is 0 Å². The first-order valence-corrected chi connectivity index (χ1v) is 12.4. The third kappa shape index (κ3) is 5.91. The van der Waals surface area contributed by atoms with Crippen LogP contribution in [0.5, 0.6) is 0 Å². The average molecular weight is 440 g/mol. The molecule has 1 fully saturated rings. The number of carbonyl (C=O) groups is 1. The van der Waals surface area contributed by atoms with Crippen molar-refractivity contribution in [2.45, 2.75) is 68.3 Å². The Hall–Kier alpha value is -2.28. The molecule has 0 radical (unpaired) electrons. The van der Waals surface area contributed by atoms with Crippen LogP contribution in [-0.4, -0.2) is 47.8 Å². The van der Waals surface area contributed by atoms with Gasteiger partial charge < -0.3 is 15.5 Å². The second-order valence-electron chi connectivity index (χ2n) is 8.76. The number of anilines is 2. The van der Waals surface area contributed by atoms with E-state index >= 15 is 0 Å². The van der Waals surface area contributed by atoms with Crippen LogP contribution >= 0.6 is 11.8 Å². The minimum absolute atomic E-state index is 0.124. The fourth-order valence-electron chi connectivity index (χ4n) is 4.51. The number of hydrogen-bond donors (Lipinski definition) is 2. The van der Waals surface area contributed by atoms with Crippen molar-refractivity contribution in [1.29, 1.82) is 0 Å². The first-order valence-electron chi connectivity index (χ1n) is 11.4. The molecule has 166 valence electrons. The Balaban J connectivity index is 1.26. The number of amides is 1.